The van der Waals surface area contributed by atoms with Crippen LogP contribution in [0.2, 0.25) is 0 Å². The first-order valence-corrected chi connectivity index (χ1v) is 7.11. The number of carbonyl (C=O) groups is 1. The molecule has 0 saturated heterocycles. The van der Waals surface area contributed by atoms with Crippen molar-refractivity contribution in [2.24, 2.45) is 4.99 Å². The van der Waals surface area contributed by atoms with Gasteiger partial charge >= 0.3 is 5.97 Å². The van der Waals surface area contributed by atoms with Gasteiger partial charge in [0.05, 0.1) is 14.2 Å². The molecule has 6 heteroatoms. The van der Waals surface area contributed by atoms with Gasteiger partial charge in [-0.1, -0.05) is 6.07 Å². The first-order chi connectivity index (χ1) is 11.6. The Kier molecular flexibility index (Phi) is 4.29. The Labute approximate surface area is 138 Å². The zero-order chi connectivity index (χ0) is 17.1. The van der Waals surface area contributed by atoms with Gasteiger partial charge in [-0.2, -0.15) is 0 Å². The van der Waals surface area contributed by atoms with Gasteiger partial charge in [0.2, 0.25) is 5.90 Å². The van der Waals surface area contributed by atoms with E-state index in [9.17, 15) is 9.18 Å². The van der Waals surface area contributed by atoms with E-state index in [1.165, 1.54) is 25.3 Å². The molecule has 0 unspecified atom stereocenters. The SMILES string of the molecule is COc1ccc(/C=C2/N=C(c3cccc(F)c3)OC2=O)c(OC)c1. The smallest absolute Gasteiger partial charge is 0.363 e. The summed E-state index contributed by atoms with van der Waals surface area (Å²) in [5.74, 6) is 0.196. The highest BCUT2D eigenvalue weighted by Gasteiger charge is 2.24. The summed E-state index contributed by atoms with van der Waals surface area (Å²) in [5, 5.41) is 0. The number of carbonyl (C=O) groups excluding carboxylic acids is 1. The number of hydrogen-bond acceptors (Lipinski definition) is 5. The Morgan fingerprint density at radius 1 is 1.12 bits per heavy atom. The maximum absolute atomic E-state index is 13.3. The Hall–Kier alpha value is -3.15. The molecule has 2 aromatic rings. The lowest BCUT2D eigenvalue weighted by atomic mass is 10.1. The van der Waals surface area contributed by atoms with Crippen molar-refractivity contribution in [3.8, 4) is 11.5 Å². The van der Waals surface area contributed by atoms with E-state index < -0.39 is 11.8 Å². The van der Waals surface area contributed by atoms with Gasteiger partial charge in [-0.15, -0.1) is 0 Å². The summed E-state index contributed by atoms with van der Waals surface area (Å²) in [4.78, 5) is 16.2. The first kappa shape index (κ1) is 15.7. The van der Waals surface area contributed by atoms with Crippen LogP contribution in [0.25, 0.3) is 6.08 Å². The summed E-state index contributed by atoms with van der Waals surface area (Å²) in [7, 11) is 3.07. The van der Waals surface area contributed by atoms with Crippen LogP contribution in [0.5, 0.6) is 11.5 Å². The van der Waals surface area contributed by atoms with Crippen LogP contribution in [0.1, 0.15) is 11.1 Å². The van der Waals surface area contributed by atoms with Crippen LogP contribution in [-0.2, 0) is 9.53 Å². The molecular formula is C18H14FNO4. The fourth-order valence-electron chi connectivity index (χ4n) is 2.24. The molecule has 0 fully saturated rings. The third-order valence-electron chi connectivity index (χ3n) is 3.42. The minimum Gasteiger partial charge on any atom is -0.497 e. The molecule has 0 saturated carbocycles. The average molecular weight is 327 g/mol. The second kappa shape index (κ2) is 6.54. The van der Waals surface area contributed by atoms with Crippen LogP contribution in [0, 0.1) is 5.82 Å². The minimum atomic E-state index is -0.605. The molecule has 3 rings (SSSR count). The number of aliphatic imine (C=N–C) groups is 1. The number of ether oxygens (including phenoxy) is 3. The topological polar surface area (TPSA) is 57.1 Å². The quantitative estimate of drug-likeness (QED) is 0.639. The molecule has 1 heterocycles. The molecule has 0 N–H and O–H groups in total. The maximum Gasteiger partial charge on any atom is 0.363 e. The molecule has 0 amide bonds. The van der Waals surface area contributed by atoms with E-state index in [0.717, 1.165) is 0 Å². The van der Waals surface area contributed by atoms with E-state index >= 15 is 0 Å². The van der Waals surface area contributed by atoms with Crippen LogP contribution in [-0.4, -0.2) is 26.1 Å². The highest BCUT2D eigenvalue weighted by atomic mass is 19.1. The van der Waals surface area contributed by atoms with E-state index in [2.05, 4.69) is 4.99 Å². The number of benzene rings is 2. The molecule has 0 aliphatic carbocycles. The second-order valence-electron chi connectivity index (χ2n) is 4.95. The summed E-state index contributed by atoms with van der Waals surface area (Å²) < 4.78 is 28.8. The fraction of sp³-hybridized carbons (Fsp3) is 0.111. The molecule has 1 aliphatic heterocycles. The maximum atomic E-state index is 13.3. The van der Waals surface area contributed by atoms with Crippen molar-refractivity contribution in [3.05, 3.63) is 65.1 Å². The van der Waals surface area contributed by atoms with Crippen molar-refractivity contribution < 1.29 is 23.4 Å². The van der Waals surface area contributed by atoms with E-state index in [-0.39, 0.29) is 11.6 Å². The lowest BCUT2D eigenvalue weighted by Crippen LogP contribution is -2.05. The number of rotatable bonds is 4. The molecule has 0 atom stereocenters. The molecule has 0 spiro atoms. The molecule has 2 aromatic carbocycles. The monoisotopic (exact) mass is 327 g/mol. The van der Waals surface area contributed by atoms with Crippen LogP contribution < -0.4 is 9.47 Å². The van der Waals surface area contributed by atoms with E-state index in [0.29, 0.717) is 22.6 Å². The van der Waals surface area contributed by atoms with E-state index in [4.69, 9.17) is 14.2 Å². The summed E-state index contributed by atoms with van der Waals surface area (Å²) >= 11 is 0. The zero-order valence-corrected chi connectivity index (χ0v) is 13.1. The molecule has 24 heavy (non-hydrogen) atoms. The fourth-order valence-corrected chi connectivity index (χ4v) is 2.24. The van der Waals surface area contributed by atoms with Gasteiger partial charge in [0.15, 0.2) is 5.70 Å². The van der Waals surface area contributed by atoms with Crippen LogP contribution >= 0.6 is 0 Å². The average Bonchev–Trinajstić information content (AvgIpc) is 2.96. The first-order valence-electron chi connectivity index (χ1n) is 7.11. The number of methoxy groups -OCH3 is 2. The van der Waals surface area contributed by atoms with Gasteiger partial charge in [0, 0.05) is 17.2 Å². The Bertz CT molecular complexity index is 858. The van der Waals surface area contributed by atoms with Crippen molar-refractivity contribution in [1.29, 1.82) is 0 Å². The van der Waals surface area contributed by atoms with E-state index in [1.54, 1.807) is 37.5 Å². The zero-order valence-electron chi connectivity index (χ0n) is 13.1. The predicted molar refractivity (Wildman–Crippen MR) is 86.6 cm³/mol. The summed E-state index contributed by atoms with van der Waals surface area (Å²) in [6.07, 6.45) is 1.55. The highest BCUT2D eigenvalue weighted by Crippen LogP contribution is 2.28. The standard InChI is InChI=1S/C18H14FNO4/c1-22-14-7-6-11(16(10-14)23-2)9-15-18(21)24-17(20-15)12-4-3-5-13(19)8-12/h3-10H,1-2H3/b15-9+. The van der Waals surface area contributed by atoms with Crippen LogP contribution in [0.4, 0.5) is 4.39 Å². The molecule has 0 radical (unpaired) electrons. The Morgan fingerprint density at radius 2 is 1.96 bits per heavy atom. The number of esters is 1. The number of nitrogens with zero attached hydrogens (tertiary/aromatic N) is 1. The minimum absolute atomic E-state index is 0.0678. The summed E-state index contributed by atoms with van der Waals surface area (Å²) in [6, 6.07) is 10.9. The normalized spacial score (nSPS) is 15.2. The molecular weight excluding hydrogens is 313 g/mol. The van der Waals surface area contributed by atoms with Crippen LogP contribution in [0.3, 0.4) is 0 Å². The molecule has 5 nitrogen and oxygen atoms in total. The molecule has 1 aliphatic rings. The number of cyclic esters (lactones) is 1. The van der Waals surface area contributed by atoms with Crippen molar-refractivity contribution in [2.45, 2.75) is 0 Å². The number of halogens is 1. The summed E-state index contributed by atoms with van der Waals surface area (Å²) in [5.41, 5.74) is 1.15. The van der Waals surface area contributed by atoms with Crippen molar-refractivity contribution in [3.63, 3.8) is 0 Å². The lowest BCUT2D eigenvalue weighted by Gasteiger charge is -2.07. The van der Waals surface area contributed by atoms with Crippen molar-refractivity contribution in [2.75, 3.05) is 14.2 Å². The van der Waals surface area contributed by atoms with Gasteiger partial charge in [-0.3, -0.25) is 0 Å². The van der Waals surface area contributed by atoms with Gasteiger partial charge < -0.3 is 14.2 Å². The third-order valence-corrected chi connectivity index (χ3v) is 3.42. The lowest BCUT2D eigenvalue weighted by molar-refractivity contribution is -0.129. The third kappa shape index (κ3) is 3.12. The molecule has 122 valence electrons. The largest absolute Gasteiger partial charge is 0.497 e. The van der Waals surface area contributed by atoms with Gasteiger partial charge in [-0.25, -0.2) is 14.2 Å². The van der Waals surface area contributed by atoms with Crippen molar-refractivity contribution >= 4 is 17.9 Å². The number of hydrogen-bond donors (Lipinski definition) is 0. The van der Waals surface area contributed by atoms with Gasteiger partial charge in [0.25, 0.3) is 0 Å². The second-order valence-corrected chi connectivity index (χ2v) is 4.95. The Morgan fingerprint density at radius 3 is 2.67 bits per heavy atom. The summed E-state index contributed by atoms with van der Waals surface area (Å²) in [6.45, 7) is 0. The molecule has 0 bridgehead atoms. The Balaban J connectivity index is 1.97. The van der Waals surface area contributed by atoms with Gasteiger partial charge in [0.1, 0.15) is 17.3 Å². The van der Waals surface area contributed by atoms with Gasteiger partial charge in [-0.05, 0) is 36.4 Å². The van der Waals surface area contributed by atoms with Crippen molar-refractivity contribution in [1.82, 2.24) is 0 Å². The highest BCUT2D eigenvalue weighted by molar-refractivity contribution is 6.12. The van der Waals surface area contributed by atoms with Crippen LogP contribution in [0.15, 0.2) is 53.2 Å². The molecule has 0 aromatic heterocycles. The van der Waals surface area contributed by atoms with E-state index in [1.807, 2.05) is 0 Å². The predicted octanol–water partition coefficient (Wildman–Crippen LogP) is 3.19.